The second kappa shape index (κ2) is 6.72. The Morgan fingerprint density at radius 2 is 2.06 bits per heavy atom. The molecule has 0 aromatic carbocycles. The van der Waals surface area contributed by atoms with Crippen LogP contribution in [0.3, 0.4) is 0 Å². The van der Waals surface area contributed by atoms with E-state index in [0.717, 1.165) is 19.4 Å². The Labute approximate surface area is 105 Å². The highest BCUT2D eigenvalue weighted by molar-refractivity contribution is 4.76. The van der Waals surface area contributed by atoms with Gasteiger partial charge in [-0.3, -0.25) is 0 Å². The minimum Gasteiger partial charge on any atom is -0.393 e. The van der Waals surface area contributed by atoms with Gasteiger partial charge in [-0.05, 0) is 71.0 Å². The smallest absolute Gasteiger partial charge is 0.0576 e. The fraction of sp³-hybridized carbons (Fsp3) is 1.00. The number of aliphatic hydroxyl groups excluding tert-OH is 1. The zero-order chi connectivity index (χ0) is 12.1. The van der Waals surface area contributed by atoms with Crippen LogP contribution in [0.2, 0.25) is 0 Å². The molecule has 100 valence electrons. The summed E-state index contributed by atoms with van der Waals surface area (Å²) in [5, 5.41) is 9.55. The zero-order valence-electron chi connectivity index (χ0n) is 11.1. The lowest BCUT2D eigenvalue weighted by Gasteiger charge is -2.33. The summed E-state index contributed by atoms with van der Waals surface area (Å²) >= 11 is 0. The van der Waals surface area contributed by atoms with E-state index in [4.69, 9.17) is 4.74 Å². The molecule has 3 heteroatoms. The van der Waals surface area contributed by atoms with Crippen LogP contribution >= 0.6 is 0 Å². The van der Waals surface area contributed by atoms with E-state index in [1.54, 1.807) is 0 Å². The summed E-state index contributed by atoms with van der Waals surface area (Å²) in [7, 11) is 0. The molecule has 0 bridgehead atoms. The normalized spacial score (nSPS) is 29.6. The number of likely N-dealkylation sites (tertiary alicyclic amines) is 1. The van der Waals surface area contributed by atoms with Crippen LogP contribution in [0, 0.1) is 5.92 Å². The minimum atomic E-state index is -0.121. The first kappa shape index (κ1) is 13.3. The van der Waals surface area contributed by atoms with Crippen molar-refractivity contribution in [3.8, 4) is 0 Å². The third-order valence-electron chi connectivity index (χ3n) is 4.34. The fourth-order valence-electron chi connectivity index (χ4n) is 3.07. The van der Waals surface area contributed by atoms with Gasteiger partial charge in [-0.2, -0.15) is 0 Å². The molecule has 0 saturated carbocycles. The molecular weight excluding hydrogens is 214 g/mol. The number of piperidine rings is 1. The van der Waals surface area contributed by atoms with Gasteiger partial charge in [0.2, 0.25) is 0 Å². The van der Waals surface area contributed by atoms with Crippen LogP contribution in [-0.4, -0.2) is 48.5 Å². The molecule has 17 heavy (non-hydrogen) atoms. The van der Waals surface area contributed by atoms with Gasteiger partial charge >= 0.3 is 0 Å². The van der Waals surface area contributed by atoms with Crippen molar-refractivity contribution in [2.45, 2.75) is 57.7 Å². The lowest BCUT2D eigenvalue weighted by molar-refractivity contribution is 0.0667. The molecule has 2 rings (SSSR count). The molecule has 0 aliphatic carbocycles. The Kier molecular flexibility index (Phi) is 5.26. The Balaban J connectivity index is 1.55. The fourth-order valence-corrected chi connectivity index (χ4v) is 3.07. The van der Waals surface area contributed by atoms with Gasteiger partial charge in [0, 0.05) is 6.61 Å². The van der Waals surface area contributed by atoms with Crippen LogP contribution in [0.4, 0.5) is 0 Å². The molecule has 2 unspecified atom stereocenters. The summed E-state index contributed by atoms with van der Waals surface area (Å²) in [6, 6.07) is 0. The summed E-state index contributed by atoms with van der Waals surface area (Å²) in [4.78, 5) is 2.55. The topological polar surface area (TPSA) is 32.7 Å². The van der Waals surface area contributed by atoms with E-state index in [0.29, 0.717) is 12.0 Å². The predicted octanol–water partition coefficient (Wildman–Crippen LogP) is 2.04. The highest BCUT2D eigenvalue weighted by Crippen LogP contribution is 2.21. The van der Waals surface area contributed by atoms with Crippen molar-refractivity contribution in [3.63, 3.8) is 0 Å². The number of ether oxygens (including phenoxy) is 1. The van der Waals surface area contributed by atoms with Crippen LogP contribution in [-0.2, 0) is 4.74 Å². The first-order chi connectivity index (χ1) is 8.25. The van der Waals surface area contributed by atoms with Gasteiger partial charge in [0.15, 0.2) is 0 Å². The summed E-state index contributed by atoms with van der Waals surface area (Å²) in [6.07, 6.45) is 7.78. The van der Waals surface area contributed by atoms with E-state index >= 15 is 0 Å². The number of nitrogens with zero attached hydrogens (tertiary/aromatic N) is 1. The monoisotopic (exact) mass is 241 g/mol. The maximum absolute atomic E-state index is 9.55. The van der Waals surface area contributed by atoms with Gasteiger partial charge < -0.3 is 14.7 Å². The zero-order valence-corrected chi connectivity index (χ0v) is 11.1. The highest BCUT2D eigenvalue weighted by Gasteiger charge is 2.22. The molecule has 0 radical (unpaired) electrons. The third kappa shape index (κ3) is 4.23. The van der Waals surface area contributed by atoms with E-state index < -0.39 is 0 Å². The molecule has 2 atom stereocenters. The molecular formula is C14H27NO2. The van der Waals surface area contributed by atoms with Gasteiger partial charge in [0.05, 0.1) is 12.2 Å². The lowest BCUT2D eigenvalue weighted by Crippen LogP contribution is -2.37. The molecule has 0 aromatic rings. The summed E-state index contributed by atoms with van der Waals surface area (Å²) < 4.78 is 5.64. The van der Waals surface area contributed by atoms with E-state index in [-0.39, 0.29) is 6.10 Å². The van der Waals surface area contributed by atoms with Crippen LogP contribution in [0.1, 0.15) is 45.4 Å². The molecule has 1 N–H and O–H groups in total. The second-order valence-corrected chi connectivity index (χ2v) is 5.70. The van der Waals surface area contributed by atoms with Crippen molar-refractivity contribution in [2.24, 2.45) is 5.92 Å². The van der Waals surface area contributed by atoms with Crippen molar-refractivity contribution >= 4 is 0 Å². The molecule has 2 saturated heterocycles. The Morgan fingerprint density at radius 3 is 2.65 bits per heavy atom. The third-order valence-corrected chi connectivity index (χ3v) is 4.34. The summed E-state index contributed by atoms with van der Waals surface area (Å²) in [5.74, 6) is 0.532. The van der Waals surface area contributed by atoms with Crippen molar-refractivity contribution in [3.05, 3.63) is 0 Å². The Hall–Kier alpha value is -0.120. The van der Waals surface area contributed by atoms with Gasteiger partial charge in [-0.1, -0.05) is 0 Å². The minimum absolute atomic E-state index is 0.121. The first-order valence-corrected chi connectivity index (χ1v) is 7.27. The lowest BCUT2D eigenvalue weighted by atomic mass is 9.92. The number of aliphatic hydroxyl groups is 1. The molecule has 2 heterocycles. The number of hydrogen-bond acceptors (Lipinski definition) is 3. The van der Waals surface area contributed by atoms with Crippen molar-refractivity contribution in [1.82, 2.24) is 4.90 Å². The maximum atomic E-state index is 9.55. The average Bonchev–Trinajstić information content (AvgIpc) is 2.83. The highest BCUT2D eigenvalue weighted by atomic mass is 16.5. The van der Waals surface area contributed by atoms with Crippen LogP contribution < -0.4 is 0 Å². The molecule has 0 aromatic heterocycles. The quantitative estimate of drug-likeness (QED) is 0.799. The Morgan fingerprint density at radius 1 is 1.29 bits per heavy atom. The van der Waals surface area contributed by atoms with E-state index in [9.17, 15) is 5.11 Å². The number of hydrogen-bond donors (Lipinski definition) is 1. The average molecular weight is 241 g/mol. The van der Waals surface area contributed by atoms with Crippen LogP contribution in [0.15, 0.2) is 0 Å². The molecule has 2 aliphatic rings. The molecule has 2 aliphatic heterocycles. The van der Waals surface area contributed by atoms with Crippen molar-refractivity contribution < 1.29 is 9.84 Å². The van der Waals surface area contributed by atoms with E-state index in [1.165, 1.54) is 45.3 Å². The SMILES string of the molecule is CC(O)C1CCN(CCCC2CCCO2)CC1. The van der Waals surface area contributed by atoms with Gasteiger partial charge in [-0.25, -0.2) is 0 Å². The van der Waals surface area contributed by atoms with E-state index in [2.05, 4.69) is 4.90 Å². The summed E-state index contributed by atoms with van der Waals surface area (Å²) in [6.45, 7) is 6.46. The Bertz CT molecular complexity index is 206. The maximum Gasteiger partial charge on any atom is 0.0576 e. The predicted molar refractivity (Wildman–Crippen MR) is 69.1 cm³/mol. The molecule has 0 amide bonds. The summed E-state index contributed by atoms with van der Waals surface area (Å²) in [5.41, 5.74) is 0. The first-order valence-electron chi connectivity index (χ1n) is 7.27. The van der Waals surface area contributed by atoms with Gasteiger partial charge in [0.1, 0.15) is 0 Å². The standard InChI is InChI=1S/C14H27NO2/c1-12(16)13-6-9-15(10-7-13)8-2-4-14-5-3-11-17-14/h12-14,16H,2-11H2,1H3. The molecule has 0 spiro atoms. The van der Waals surface area contributed by atoms with E-state index in [1.807, 2.05) is 6.92 Å². The number of rotatable bonds is 5. The van der Waals surface area contributed by atoms with Gasteiger partial charge in [-0.15, -0.1) is 0 Å². The van der Waals surface area contributed by atoms with Crippen LogP contribution in [0.25, 0.3) is 0 Å². The molecule has 3 nitrogen and oxygen atoms in total. The largest absolute Gasteiger partial charge is 0.393 e. The van der Waals surface area contributed by atoms with Crippen molar-refractivity contribution in [2.75, 3.05) is 26.2 Å². The van der Waals surface area contributed by atoms with Crippen molar-refractivity contribution in [1.29, 1.82) is 0 Å². The molecule has 2 fully saturated rings. The second-order valence-electron chi connectivity index (χ2n) is 5.70. The van der Waals surface area contributed by atoms with Gasteiger partial charge in [0.25, 0.3) is 0 Å². The van der Waals surface area contributed by atoms with Crippen LogP contribution in [0.5, 0.6) is 0 Å².